The Bertz CT molecular complexity index is 271. The van der Waals surface area contributed by atoms with Crippen LogP contribution in [0.4, 0.5) is 0 Å². The zero-order valence-corrected chi connectivity index (χ0v) is 8.00. The quantitative estimate of drug-likeness (QED) is 0.695. The summed E-state index contributed by atoms with van der Waals surface area (Å²) in [6.07, 6.45) is 2.57. The van der Waals surface area contributed by atoms with E-state index in [1.807, 2.05) is 12.1 Å². The van der Waals surface area contributed by atoms with Gasteiger partial charge in [-0.1, -0.05) is 0 Å². The molecule has 0 aromatic carbocycles. The summed E-state index contributed by atoms with van der Waals surface area (Å²) in [5, 5.41) is 7.78. The van der Waals surface area contributed by atoms with Gasteiger partial charge in [0.05, 0.1) is 18.2 Å². The molecule has 1 aliphatic carbocycles. The molecule has 13 heavy (non-hydrogen) atoms. The summed E-state index contributed by atoms with van der Waals surface area (Å²) in [4.78, 5) is 0. The maximum absolute atomic E-state index is 5.57. The van der Waals surface area contributed by atoms with Gasteiger partial charge in [-0.3, -0.25) is 0 Å². The molecule has 0 N–H and O–H groups in total. The maximum atomic E-state index is 5.57. The van der Waals surface area contributed by atoms with Gasteiger partial charge in [0.15, 0.2) is 0 Å². The highest BCUT2D eigenvalue weighted by Gasteiger charge is 2.22. The number of aromatic nitrogens is 2. The second-order valence-electron chi connectivity index (χ2n) is 3.25. The number of alkyl halides is 1. The molecular weight excluding hydrogens is 188 g/mol. The first-order valence-corrected chi connectivity index (χ1v) is 4.93. The summed E-state index contributed by atoms with van der Waals surface area (Å²) >= 11 is 5.57. The molecule has 0 radical (unpaired) electrons. The third kappa shape index (κ3) is 2.56. The fourth-order valence-corrected chi connectivity index (χ4v) is 1.13. The third-order valence-electron chi connectivity index (χ3n) is 2.00. The van der Waals surface area contributed by atoms with Crippen molar-refractivity contribution in [2.24, 2.45) is 5.92 Å². The molecule has 4 heteroatoms. The molecule has 0 spiro atoms. The van der Waals surface area contributed by atoms with Gasteiger partial charge in [-0.05, 0) is 24.8 Å². The Hall–Kier alpha value is -0.830. The van der Waals surface area contributed by atoms with Crippen LogP contribution in [0.1, 0.15) is 18.5 Å². The molecule has 0 unspecified atom stereocenters. The van der Waals surface area contributed by atoms with Crippen LogP contribution in [0.3, 0.4) is 0 Å². The van der Waals surface area contributed by atoms with Crippen molar-refractivity contribution in [3.05, 3.63) is 17.8 Å². The van der Waals surface area contributed by atoms with Crippen molar-refractivity contribution in [1.29, 1.82) is 0 Å². The zero-order valence-electron chi connectivity index (χ0n) is 7.24. The minimum atomic E-state index is 0.399. The molecule has 0 bridgehead atoms. The molecule has 2 rings (SSSR count). The SMILES string of the molecule is ClCc1ccc(OCC2CC2)nn1. The standard InChI is InChI=1S/C9H11ClN2O/c10-5-8-3-4-9(12-11-8)13-6-7-1-2-7/h3-4,7H,1-2,5-6H2. The smallest absolute Gasteiger partial charge is 0.233 e. The van der Waals surface area contributed by atoms with E-state index in [0.717, 1.165) is 18.2 Å². The number of nitrogens with zero attached hydrogens (tertiary/aromatic N) is 2. The van der Waals surface area contributed by atoms with E-state index in [2.05, 4.69) is 10.2 Å². The van der Waals surface area contributed by atoms with E-state index in [4.69, 9.17) is 16.3 Å². The first kappa shape index (κ1) is 8.75. The lowest BCUT2D eigenvalue weighted by Crippen LogP contribution is -2.02. The van der Waals surface area contributed by atoms with E-state index in [0.29, 0.717) is 11.8 Å². The average molecular weight is 199 g/mol. The Morgan fingerprint density at radius 3 is 2.77 bits per heavy atom. The van der Waals surface area contributed by atoms with E-state index in [1.165, 1.54) is 12.8 Å². The summed E-state index contributed by atoms with van der Waals surface area (Å²) in [5.74, 6) is 1.74. The molecule has 1 fully saturated rings. The van der Waals surface area contributed by atoms with Crippen molar-refractivity contribution in [2.75, 3.05) is 6.61 Å². The van der Waals surface area contributed by atoms with Gasteiger partial charge < -0.3 is 4.74 Å². The van der Waals surface area contributed by atoms with E-state index in [9.17, 15) is 0 Å². The fourth-order valence-electron chi connectivity index (χ4n) is 0.984. The van der Waals surface area contributed by atoms with Crippen molar-refractivity contribution in [3.8, 4) is 5.88 Å². The number of ether oxygens (including phenoxy) is 1. The summed E-state index contributed by atoms with van der Waals surface area (Å²) in [6, 6.07) is 3.65. The first-order chi connectivity index (χ1) is 6.38. The van der Waals surface area contributed by atoms with Gasteiger partial charge >= 0.3 is 0 Å². The van der Waals surface area contributed by atoms with Crippen molar-refractivity contribution in [2.45, 2.75) is 18.7 Å². The van der Waals surface area contributed by atoms with Crippen LogP contribution in [-0.2, 0) is 5.88 Å². The van der Waals surface area contributed by atoms with Gasteiger partial charge in [-0.25, -0.2) is 0 Å². The van der Waals surface area contributed by atoms with E-state index < -0.39 is 0 Å². The molecule has 1 aromatic rings. The Morgan fingerprint density at radius 1 is 1.38 bits per heavy atom. The van der Waals surface area contributed by atoms with E-state index in [-0.39, 0.29) is 0 Å². The predicted octanol–water partition coefficient (Wildman–Crippen LogP) is 2.00. The van der Waals surface area contributed by atoms with Crippen LogP contribution >= 0.6 is 11.6 Å². The van der Waals surface area contributed by atoms with Gasteiger partial charge in [0.1, 0.15) is 0 Å². The molecule has 0 saturated heterocycles. The second-order valence-corrected chi connectivity index (χ2v) is 3.52. The lowest BCUT2D eigenvalue weighted by atomic mass is 10.4. The maximum Gasteiger partial charge on any atom is 0.233 e. The molecule has 0 amide bonds. The monoisotopic (exact) mass is 198 g/mol. The Morgan fingerprint density at radius 2 is 2.23 bits per heavy atom. The molecular formula is C9H11ClN2O. The predicted molar refractivity (Wildman–Crippen MR) is 49.8 cm³/mol. The topological polar surface area (TPSA) is 35.0 Å². The minimum Gasteiger partial charge on any atom is -0.476 e. The number of rotatable bonds is 4. The molecule has 70 valence electrons. The van der Waals surface area contributed by atoms with Crippen molar-refractivity contribution in [1.82, 2.24) is 10.2 Å². The van der Waals surface area contributed by atoms with Gasteiger partial charge in [0.2, 0.25) is 5.88 Å². The van der Waals surface area contributed by atoms with Crippen molar-refractivity contribution in [3.63, 3.8) is 0 Å². The first-order valence-electron chi connectivity index (χ1n) is 4.40. The molecule has 1 aliphatic rings. The van der Waals surface area contributed by atoms with Crippen LogP contribution in [0.25, 0.3) is 0 Å². The van der Waals surface area contributed by atoms with Crippen LogP contribution in [0.15, 0.2) is 12.1 Å². The van der Waals surface area contributed by atoms with Crippen LogP contribution in [-0.4, -0.2) is 16.8 Å². The highest BCUT2D eigenvalue weighted by atomic mass is 35.5. The van der Waals surface area contributed by atoms with Gasteiger partial charge in [0.25, 0.3) is 0 Å². The lowest BCUT2D eigenvalue weighted by Gasteiger charge is -2.02. The molecule has 1 saturated carbocycles. The molecule has 3 nitrogen and oxygen atoms in total. The molecule has 0 aliphatic heterocycles. The molecule has 1 heterocycles. The van der Waals surface area contributed by atoms with Gasteiger partial charge in [0, 0.05) is 6.07 Å². The van der Waals surface area contributed by atoms with Gasteiger partial charge in [-0.2, -0.15) is 5.10 Å². The Balaban J connectivity index is 1.88. The molecule has 1 aromatic heterocycles. The third-order valence-corrected chi connectivity index (χ3v) is 2.27. The van der Waals surface area contributed by atoms with Crippen LogP contribution in [0.2, 0.25) is 0 Å². The highest BCUT2D eigenvalue weighted by molar-refractivity contribution is 6.16. The molecule has 0 atom stereocenters. The van der Waals surface area contributed by atoms with E-state index >= 15 is 0 Å². The lowest BCUT2D eigenvalue weighted by molar-refractivity contribution is 0.285. The zero-order chi connectivity index (χ0) is 9.10. The van der Waals surface area contributed by atoms with Crippen LogP contribution in [0, 0.1) is 5.92 Å². The van der Waals surface area contributed by atoms with E-state index in [1.54, 1.807) is 0 Å². The van der Waals surface area contributed by atoms with Crippen molar-refractivity contribution >= 4 is 11.6 Å². The Labute approximate surface area is 82.1 Å². The van der Waals surface area contributed by atoms with Crippen molar-refractivity contribution < 1.29 is 4.74 Å². The minimum absolute atomic E-state index is 0.399. The van der Waals surface area contributed by atoms with Gasteiger partial charge in [-0.15, -0.1) is 16.7 Å². The van der Waals surface area contributed by atoms with Crippen LogP contribution < -0.4 is 4.74 Å². The largest absolute Gasteiger partial charge is 0.476 e. The summed E-state index contributed by atoms with van der Waals surface area (Å²) < 4.78 is 5.41. The number of hydrogen-bond donors (Lipinski definition) is 0. The fraction of sp³-hybridized carbons (Fsp3) is 0.556. The summed E-state index contributed by atoms with van der Waals surface area (Å²) in [7, 11) is 0. The Kier molecular flexibility index (Phi) is 2.64. The summed E-state index contributed by atoms with van der Waals surface area (Å²) in [5.41, 5.74) is 0.778. The number of halogens is 1. The normalized spacial score (nSPS) is 15.8. The number of hydrogen-bond acceptors (Lipinski definition) is 3. The second kappa shape index (κ2) is 3.92. The highest BCUT2D eigenvalue weighted by Crippen LogP contribution is 2.29. The summed E-state index contributed by atoms with van der Waals surface area (Å²) in [6.45, 7) is 0.773. The average Bonchev–Trinajstić information content (AvgIpc) is 2.99. The van der Waals surface area contributed by atoms with Crippen LogP contribution in [0.5, 0.6) is 5.88 Å².